The van der Waals surface area contributed by atoms with Gasteiger partial charge in [0.1, 0.15) is 0 Å². The molecule has 5 heteroatoms. The second kappa shape index (κ2) is 9.13. The Morgan fingerprint density at radius 2 is 1.65 bits per heavy atom. The van der Waals surface area contributed by atoms with E-state index in [0.717, 1.165) is 30.9 Å². The number of anilines is 2. The molecule has 1 amide bonds. The van der Waals surface area contributed by atoms with E-state index >= 15 is 0 Å². The van der Waals surface area contributed by atoms with Gasteiger partial charge in [-0.1, -0.05) is 31.2 Å². The van der Waals surface area contributed by atoms with Crippen molar-refractivity contribution in [3.63, 3.8) is 0 Å². The smallest absolute Gasteiger partial charge is 0.262 e. The maximum Gasteiger partial charge on any atom is 0.262 e. The van der Waals surface area contributed by atoms with E-state index in [0.29, 0.717) is 18.1 Å². The number of amides is 1. The first-order chi connectivity index (χ1) is 12.8. The minimum Gasteiger partial charge on any atom is -0.490 e. The summed E-state index contributed by atoms with van der Waals surface area (Å²) in [4.78, 5) is 14.7. The number of carbonyl (C=O) groups excluding carboxylic acids is 1. The van der Waals surface area contributed by atoms with Gasteiger partial charge in [0.15, 0.2) is 18.1 Å². The summed E-state index contributed by atoms with van der Waals surface area (Å²) in [6.45, 7) is 4.68. The summed E-state index contributed by atoms with van der Waals surface area (Å²) < 4.78 is 11.3. The molecule has 138 valence electrons. The monoisotopic (exact) mass is 354 g/mol. The lowest BCUT2D eigenvalue weighted by molar-refractivity contribution is -0.118. The van der Waals surface area contributed by atoms with Crippen LogP contribution in [0.4, 0.5) is 11.4 Å². The van der Waals surface area contributed by atoms with Crippen LogP contribution in [-0.2, 0) is 4.79 Å². The van der Waals surface area contributed by atoms with Crippen LogP contribution in [-0.4, -0.2) is 32.2 Å². The number of rotatable bonds is 8. The number of carbonyl (C=O) groups is 1. The van der Waals surface area contributed by atoms with E-state index in [1.165, 1.54) is 12.8 Å². The Balaban J connectivity index is 1.60. The molecule has 0 spiro atoms. The van der Waals surface area contributed by atoms with Crippen molar-refractivity contribution in [2.45, 2.75) is 26.2 Å². The molecule has 2 aromatic rings. The molecule has 0 bridgehead atoms. The lowest BCUT2D eigenvalue weighted by Gasteiger charge is -2.21. The van der Waals surface area contributed by atoms with Crippen molar-refractivity contribution in [2.75, 3.05) is 36.5 Å². The van der Waals surface area contributed by atoms with Gasteiger partial charge in [-0.05, 0) is 43.5 Å². The van der Waals surface area contributed by atoms with E-state index in [1.807, 2.05) is 42.5 Å². The largest absolute Gasteiger partial charge is 0.490 e. The average Bonchev–Trinajstić information content (AvgIpc) is 3.20. The molecule has 1 heterocycles. The van der Waals surface area contributed by atoms with Gasteiger partial charge >= 0.3 is 0 Å². The van der Waals surface area contributed by atoms with Gasteiger partial charge in [-0.15, -0.1) is 0 Å². The van der Waals surface area contributed by atoms with Crippen LogP contribution in [0, 0.1) is 0 Å². The topological polar surface area (TPSA) is 50.8 Å². The summed E-state index contributed by atoms with van der Waals surface area (Å²) in [5, 5.41) is 2.97. The van der Waals surface area contributed by atoms with E-state index < -0.39 is 0 Å². The zero-order valence-electron chi connectivity index (χ0n) is 15.2. The van der Waals surface area contributed by atoms with Gasteiger partial charge in [0, 0.05) is 13.1 Å². The Hall–Kier alpha value is -2.69. The van der Waals surface area contributed by atoms with E-state index in [1.54, 1.807) is 0 Å². The van der Waals surface area contributed by atoms with Crippen molar-refractivity contribution >= 4 is 17.3 Å². The van der Waals surface area contributed by atoms with Crippen molar-refractivity contribution < 1.29 is 14.3 Å². The quantitative estimate of drug-likeness (QED) is 0.776. The first kappa shape index (κ1) is 18.1. The number of hydrogen-bond acceptors (Lipinski definition) is 4. The third-order valence-corrected chi connectivity index (χ3v) is 4.29. The molecule has 1 fully saturated rings. The Morgan fingerprint density at radius 3 is 2.38 bits per heavy atom. The summed E-state index contributed by atoms with van der Waals surface area (Å²) in [6.07, 6.45) is 3.31. The molecule has 0 atom stereocenters. The number of benzene rings is 2. The second-order valence-electron chi connectivity index (χ2n) is 6.34. The SMILES string of the molecule is CCCOc1ccccc1OCC(=O)Nc1ccccc1N1CCCC1. The zero-order valence-corrected chi connectivity index (χ0v) is 15.2. The Bertz CT molecular complexity index is 727. The molecule has 26 heavy (non-hydrogen) atoms. The maximum atomic E-state index is 12.4. The highest BCUT2D eigenvalue weighted by Gasteiger charge is 2.17. The van der Waals surface area contributed by atoms with E-state index in [4.69, 9.17) is 9.47 Å². The summed E-state index contributed by atoms with van der Waals surface area (Å²) in [7, 11) is 0. The van der Waals surface area contributed by atoms with E-state index in [2.05, 4.69) is 23.2 Å². The van der Waals surface area contributed by atoms with Crippen molar-refractivity contribution in [1.82, 2.24) is 0 Å². The molecule has 5 nitrogen and oxygen atoms in total. The van der Waals surface area contributed by atoms with Crippen LogP contribution in [0.1, 0.15) is 26.2 Å². The van der Waals surface area contributed by atoms with Gasteiger partial charge in [-0.25, -0.2) is 0 Å². The predicted octanol–water partition coefficient (Wildman–Crippen LogP) is 4.09. The molecule has 1 saturated heterocycles. The molecule has 0 radical (unpaired) electrons. The molecule has 1 aliphatic rings. The fraction of sp³-hybridized carbons (Fsp3) is 0.381. The summed E-state index contributed by atoms with van der Waals surface area (Å²) in [5.41, 5.74) is 1.91. The number of nitrogens with zero attached hydrogens (tertiary/aromatic N) is 1. The Morgan fingerprint density at radius 1 is 1.00 bits per heavy atom. The Labute approximate surface area is 154 Å². The van der Waals surface area contributed by atoms with Crippen LogP contribution < -0.4 is 19.7 Å². The molecule has 3 rings (SSSR count). The van der Waals surface area contributed by atoms with Gasteiger partial charge in [0.2, 0.25) is 0 Å². The molecule has 0 saturated carbocycles. The van der Waals surface area contributed by atoms with Crippen molar-refractivity contribution in [3.8, 4) is 11.5 Å². The molecule has 1 aliphatic heterocycles. The lowest BCUT2D eigenvalue weighted by atomic mass is 10.2. The zero-order chi connectivity index (χ0) is 18.2. The summed E-state index contributed by atoms with van der Waals surface area (Å²) >= 11 is 0. The normalized spacial score (nSPS) is 13.5. The number of ether oxygens (including phenoxy) is 2. The van der Waals surface area contributed by atoms with Crippen LogP contribution in [0.5, 0.6) is 11.5 Å². The molecule has 2 aromatic carbocycles. The fourth-order valence-electron chi connectivity index (χ4n) is 3.04. The molecule has 0 aliphatic carbocycles. The standard InChI is InChI=1S/C21H26N2O3/c1-2-15-25-19-11-5-6-12-20(19)26-16-21(24)22-17-9-3-4-10-18(17)23-13-7-8-14-23/h3-6,9-12H,2,7-8,13-16H2,1H3,(H,22,24). The van der Waals surface area contributed by atoms with Gasteiger partial charge in [0.05, 0.1) is 18.0 Å². The van der Waals surface area contributed by atoms with Crippen LogP contribution in [0.3, 0.4) is 0 Å². The van der Waals surface area contributed by atoms with Crippen molar-refractivity contribution in [3.05, 3.63) is 48.5 Å². The third kappa shape index (κ3) is 4.69. The average molecular weight is 354 g/mol. The van der Waals surface area contributed by atoms with Crippen molar-refractivity contribution in [1.29, 1.82) is 0 Å². The van der Waals surface area contributed by atoms with E-state index in [-0.39, 0.29) is 12.5 Å². The van der Waals surface area contributed by atoms with E-state index in [9.17, 15) is 4.79 Å². The van der Waals surface area contributed by atoms with Gasteiger partial charge in [-0.2, -0.15) is 0 Å². The Kier molecular flexibility index (Phi) is 6.36. The maximum absolute atomic E-state index is 12.4. The molecule has 0 aromatic heterocycles. The highest BCUT2D eigenvalue weighted by atomic mass is 16.5. The molecular weight excluding hydrogens is 328 g/mol. The van der Waals surface area contributed by atoms with Crippen molar-refractivity contribution in [2.24, 2.45) is 0 Å². The van der Waals surface area contributed by atoms with Crippen LogP contribution in [0.15, 0.2) is 48.5 Å². The number of para-hydroxylation sites is 4. The van der Waals surface area contributed by atoms with Crippen LogP contribution >= 0.6 is 0 Å². The number of nitrogens with one attached hydrogen (secondary N) is 1. The molecular formula is C21H26N2O3. The summed E-state index contributed by atoms with van der Waals surface area (Å²) in [6, 6.07) is 15.4. The molecule has 0 unspecified atom stereocenters. The fourth-order valence-corrected chi connectivity index (χ4v) is 3.04. The van der Waals surface area contributed by atoms with Gasteiger partial charge in [-0.3, -0.25) is 4.79 Å². The highest BCUT2D eigenvalue weighted by Crippen LogP contribution is 2.29. The second-order valence-corrected chi connectivity index (χ2v) is 6.34. The van der Waals surface area contributed by atoms with Gasteiger partial charge < -0.3 is 19.7 Å². The number of hydrogen-bond donors (Lipinski definition) is 1. The summed E-state index contributed by atoms with van der Waals surface area (Å²) in [5.74, 6) is 1.07. The minimum absolute atomic E-state index is 0.0547. The first-order valence-electron chi connectivity index (χ1n) is 9.26. The van der Waals surface area contributed by atoms with Crippen LogP contribution in [0.2, 0.25) is 0 Å². The van der Waals surface area contributed by atoms with Crippen LogP contribution in [0.25, 0.3) is 0 Å². The minimum atomic E-state index is -0.179. The van der Waals surface area contributed by atoms with Gasteiger partial charge in [0.25, 0.3) is 5.91 Å². The highest BCUT2D eigenvalue weighted by molar-refractivity contribution is 5.95. The predicted molar refractivity (Wildman–Crippen MR) is 104 cm³/mol. The lowest BCUT2D eigenvalue weighted by Crippen LogP contribution is -2.24. The molecule has 1 N–H and O–H groups in total. The third-order valence-electron chi connectivity index (χ3n) is 4.29. The first-order valence-corrected chi connectivity index (χ1v) is 9.26.